The van der Waals surface area contributed by atoms with Crippen LogP contribution in [-0.2, 0) is 16.0 Å². The van der Waals surface area contributed by atoms with Crippen LogP contribution in [0.2, 0.25) is 0 Å². The second-order valence-electron chi connectivity index (χ2n) is 4.18. The van der Waals surface area contributed by atoms with E-state index < -0.39 is 0 Å². The van der Waals surface area contributed by atoms with E-state index in [2.05, 4.69) is 15.0 Å². The van der Waals surface area contributed by atoms with Gasteiger partial charge in [-0.3, -0.25) is 14.9 Å². The van der Waals surface area contributed by atoms with Gasteiger partial charge in [-0.05, 0) is 19.9 Å². The van der Waals surface area contributed by atoms with Crippen LogP contribution >= 0.6 is 11.3 Å². The van der Waals surface area contributed by atoms with Crippen molar-refractivity contribution in [2.45, 2.75) is 20.3 Å². The van der Waals surface area contributed by atoms with Crippen LogP contribution in [-0.4, -0.2) is 24.0 Å². The van der Waals surface area contributed by atoms with Crippen LogP contribution in [0.15, 0.2) is 15.9 Å². The second-order valence-corrected chi connectivity index (χ2v) is 5.04. The van der Waals surface area contributed by atoms with Crippen molar-refractivity contribution >= 4 is 28.3 Å². The first-order valence-electron chi connectivity index (χ1n) is 5.89. The lowest BCUT2D eigenvalue weighted by molar-refractivity contribution is -0.139. The molecule has 2 heterocycles. The molecular weight excluding hydrogens is 280 g/mol. The fourth-order valence-corrected chi connectivity index (χ4v) is 2.39. The van der Waals surface area contributed by atoms with Crippen LogP contribution < -0.4 is 5.32 Å². The smallest absolute Gasteiger partial charge is 0.311 e. The number of nitrogens with one attached hydrogen (secondary N) is 1. The molecule has 0 bridgehead atoms. The van der Waals surface area contributed by atoms with Gasteiger partial charge in [0.1, 0.15) is 11.5 Å². The molecule has 0 aliphatic carbocycles. The normalized spacial score (nSPS) is 10.3. The molecule has 0 radical (unpaired) electrons. The van der Waals surface area contributed by atoms with Gasteiger partial charge in [-0.15, -0.1) is 11.3 Å². The molecule has 2 aromatic heterocycles. The Bertz CT molecular complexity index is 645. The van der Waals surface area contributed by atoms with Gasteiger partial charge in [0.15, 0.2) is 5.13 Å². The van der Waals surface area contributed by atoms with Crippen molar-refractivity contribution in [2.24, 2.45) is 0 Å². The fourth-order valence-electron chi connectivity index (χ4n) is 1.69. The van der Waals surface area contributed by atoms with Gasteiger partial charge in [-0.25, -0.2) is 4.98 Å². The summed E-state index contributed by atoms with van der Waals surface area (Å²) in [6.45, 7) is 3.51. The van der Waals surface area contributed by atoms with Gasteiger partial charge in [0.2, 0.25) is 0 Å². The quantitative estimate of drug-likeness (QED) is 0.875. The molecule has 1 N–H and O–H groups in total. The van der Waals surface area contributed by atoms with Gasteiger partial charge in [0.25, 0.3) is 5.91 Å². The molecule has 0 saturated heterocycles. The number of nitrogens with zero attached hydrogens (tertiary/aromatic N) is 1. The maximum Gasteiger partial charge on any atom is 0.311 e. The summed E-state index contributed by atoms with van der Waals surface area (Å²) >= 11 is 1.26. The van der Waals surface area contributed by atoms with Crippen molar-refractivity contribution < 1.29 is 18.7 Å². The number of methoxy groups -OCH3 is 1. The number of ether oxygens (including phenoxy) is 1. The molecule has 7 heteroatoms. The van der Waals surface area contributed by atoms with Gasteiger partial charge >= 0.3 is 5.97 Å². The molecule has 2 rings (SSSR count). The molecule has 6 nitrogen and oxygen atoms in total. The third-order valence-electron chi connectivity index (χ3n) is 2.61. The predicted molar refractivity (Wildman–Crippen MR) is 74.0 cm³/mol. The maximum atomic E-state index is 12.0. The molecule has 1 amide bonds. The van der Waals surface area contributed by atoms with Gasteiger partial charge in [0.05, 0.1) is 24.8 Å². The standard InChI is InChI=1S/C13H14N2O4S/c1-7-4-10(8(2)19-7)12(17)15-13-14-9(6-20-13)5-11(16)18-3/h4,6H,5H2,1-3H3,(H,14,15,17). The SMILES string of the molecule is COC(=O)Cc1csc(NC(=O)c2cc(C)oc2C)n1. The number of hydrogen-bond acceptors (Lipinski definition) is 6. The third-order valence-corrected chi connectivity index (χ3v) is 3.42. The second kappa shape index (κ2) is 5.87. The largest absolute Gasteiger partial charge is 0.469 e. The summed E-state index contributed by atoms with van der Waals surface area (Å²) in [5, 5.41) is 4.83. The number of anilines is 1. The summed E-state index contributed by atoms with van der Waals surface area (Å²) < 4.78 is 9.86. The Hall–Kier alpha value is -2.15. The Morgan fingerprint density at radius 1 is 1.45 bits per heavy atom. The Morgan fingerprint density at radius 2 is 2.20 bits per heavy atom. The lowest BCUT2D eigenvalue weighted by Gasteiger charge is -1.99. The molecule has 0 unspecified atom stereocenters. The number of aromatic nitrogens is 1. The Morgan fingerprint density at radius 3 is 2.80 bits per heavy atom. The average Bonchev–Trinajstić information content (AvgIpc) is 2.95. The van der Waals surface area contributed by atoms with E-state index in [1.54, 1.807) is 25.3 Å². The molecule has 20 heavy (non-hydrogen) atoms. The van der Waals surface area contributed by atoms with E-state index >= 15 is 0 Å². The van der Waals surface area contributed by atoms with Crippen molar-refractivity contribution in [3.8, 4) is 0 Å². The minimum Gasteiger partial charge on any atom is -0.469 e. The van der Waals surface area contributed by atoms with Gasteiger partial charge < -0.3 is 9.15 Å². The summed E-state index contributed by atoms with van der Waals surface area (Å²) in [6.07, 6.45) is 0.0900. The minimum atomic E-state index is -0.366. The van der Waals surface area contributed by atoms with E-state index in [-0.39, 0.29) is 18.3 Å². The van der Waals surface area contributed by atoms with Crippen molar-refractivity contribution in [3.63, 3.8) is 0 Å². The van der Waals surface area contributed by atoms with Crippen molar-refractivity contribution in [2.75, 3.05) is 12.4 Å². The van der Waals surface area contributed by atoms with E-state index in [4.69, 9.17) is 4.42 Å². The van der Waals surface area contributed by atoms with Gasteiger partial charge in [-0.1, -0.05) is 0 Å². The number of esters is 1. The zero-order chi connectivity index (χ0) is 14.7. The van der Waals surface area contributed by atoms with Crippen LogP contribution in [0.3, 0.4) is 0 Å². The summed E-state index contributed by atoms with van der Waals surface area (Å²) in [5.41, 5.74) is 1.05. The van der Waals surface area contributed by atoms with Crippen LogP contribution in [0.5, 0.6) is 0 Å². The zero-order valence-corrected chi connectivity index (χ0v) is 12.2. The Balaban J connectivity index is 2.05. The van der Waals surface area contributed by atoms with Gasteiger partial charge in [-0.2, -0.15) is 0 Å². The van der Waals surface area contributed by atoms with Crippen LogP contribution in [0.4, 0.5) is 5.13 Å². The molecule has 0 aliphatic rings. The van der Waals surface area contributed by atoms with E-state index in [0.29, 0.717) is 27.9 Å². The number of furan rings is 1. The van der Waals surface area contributed by atoms with E-state index in [0.717, 1.165) is 0 Å². The highest BCUT2D eigenvalue weighted by molar-refractivity contribution is 7.14. The van der Waals surface area contributed by atoms with E-state index in [1.807, 2.05) is 0 Å². The molecule has 0 fully saturated rings. The first-order chi connectivity index (χ1) is 9.49. The van der Waals surface area contributed by atoms with Crippen molar-refractivity contribution in [1.82, 2.24) is 4.98 Å². The Labute approximate surface area is 119 Å². The van der Waals surface area contributed by atoms with Gasteiger partial charge in [0, 0.05) is 5.38 Å². The highest BCUT2D eigenvalue weighted by Crippen LogP contribution is 2.19. The number of hydrogen-bond donors (Lipinski definition) is 1. The molecule has 0 spiro atoms. The third kappa shape index (κ3) is 3.24. The molecule has 106 valence electrons. The zero-order valence-electron chi connectivity index (χ0n) is 11.4. The molecule has 0 saturated carbocycles. The predicted octanol–water partition coefficient (Wildman–Crippen LogP) is 2.32. The first kappa shape index (κ1) is 14.3. The van der Waals surface area contributed by atoms with Crippen LogP contribution in [0.25, 0.3) is 0 Å². The van der Waals surface area contributed by atoms with Crippen molar-refractivity contribution in [3.05, 3.63) is 34.2 Å². The number of aryl methyl sites for hydroxylation is 2. The maximum absolute atomic E-state index is 12.0. The summed E-state index contributed by atoms with van der Waals surface area (Å²) in [7, 11) is 1.32. The summed E-state index contributed by atoms with van der Waals surface area (Å²) in [6, 6.07) is 1.67. The molecular formula is C13H14N2O4S. The van der Waals surface area contributed by atoms with Crippen molar-refractivity contribution in [1.29, 1.82) is 0 Å². The van der Waals surface area contributed by atoms with E-state index in [9.17, 15) is 9.59 Å². The Kier molecular flexibility index (Phi) is 4.19. The van der Waals surface area contributed by atoms with E-state index in [1.165, 1.54) is 18.4 Å². The minimum absolute atomic E-state index is 0.0900. The number of carbonyl (C=O) groups excluding carboxylic acids is 2. The lowest BCUT2D eigenvalue weighted by atomic mass is 10.2. The number of rotatable bonds is 4. The van der Waals surface area contributed by atoms with Crippen LogP contribution in [0.1, 0.15) is 27.6 Å². The molecule has 0 aliphatic heterocycles. The number of carbonyl (C=O) groups is 2. The lowest BCUT2D eigenvalue weighted by Crippen LogP contribution is -2.12. The summed E-state index contributed by atoms with van der Waals surface area (Å²) in [5.74, 6) is 0.595. The monoisotopic (exact) mass is 294 g/mol. The first-order valence-corrected chi connectivity index (χ1v) is 6.77. The highest BCUT2D eigenvalue weighted by atomic mass is 32.1. The number of thiazole rings is 1. The summed E-state index contributed by atoms with van der Waals surface area (Å²) in [4.78, 5) is 27.3. The number of amides is 1. The van der Waals surface area contributed by atoms with Crippen LogP contribution in [0, 0.1) is 13.8 Å². The molecule has 0 aromatic carbocycles. The highest BCUT2D eigenvalue weighted by Gasteiger charge is 2.15. The fraction of sp³-hybridized carbons (Fsp3) is 0.308. The topological polar surface area (TPSA) is 81.4 Å². The molecule has 2 aromatic rings. The molecule has 0 atom stereocenters. The average molecular weight is 294 g/mol.